The molecule has 3 aromatic rings. The van der Waals surface area contributed by atoms with Crippen LogP contribution in [0.3, 0.4) is 0 Å². The standard InChI is InChI=1S/C20H20F3N3O/c1-13-19(14(2)26(25-13)11-12-27)17-5-3-4-6-18(17)24-16-9-7-15(8-10-16)20(21,22)23/h3-10,24,27H,11-12H2,1-2H3. The van der Waals surface area contributed by atoms with Gasteiger partial charge in [0.05, 0.1) is 24.4 Å². The van der Waals surface area contributed by atoms with E-state index < -0.39 is 11.7 Å². The summed E-state index contributed by atoms with van der Waals surface area (Å²) in [6.07, 6.45) is -4.36. The van der Waals surface area contributed by atoms with E-state index in [1.165, 1.54) is 12.1 Å². The molecule has 2 N–H and O–H groups in total. The molecule has 0 aliphatic heterocycles. The van der Waals surface area contributed by atoms with E-state index in [1.54, 1.807) is 4.68 Å². The van der Waals surface area contributed by atoms with Gasteiger partial charge in [0.2, 0.25) is 0 Å². The topological polar surface area (TPSA) is 50.1 Å². The van der Waals surface area contributed by atoms with Gasteiger partial charge in [0.25, 0.3) is 0 Å². The fraction of sp³-hybridized carbons (Fsp3) is 0.250. The summed E-state index contributed by atoms with van der Waals surface area (Å²) in [4.78, 5) is 0. The monoisotopic (exact) mass is 375 g/mol. The van der Waals surface area contributed by atoms with E-state index >= 15 is 0 Å². The van der Waals surface area contributed by atoms with Crippen molar-refractivity contribution >= 4 is 11.4 Å². The molecule has 1 aromatic heterocycles. The zero-order valence-corrected chi connectivity index (χ0v) is 15.0. The van der Waals surface area contributed by atoms with E-state index in [0.29, 0.717) is 12.2 Å². The Morgan fingerprint density at radius 2 is 1.70 bits per heavy atom. The number of aliphatic hydroxyl groups is 1. The van der Waals surface area contributed by atoms with Crippen molar-refractivity contribution in [2.24, 2.45) is 0 Å². The Hall–Kier alpha value is -2.80. The Labute approximate surface area is 155 Å². The summed E-state index contributed by atoms with van der Waals surface area (Å²) in [5.41, 5.74) is 4.24. The summed E-state index contributed by atoms with van der Waals surface area (Å²) in [6, 6.07) is 12.5. The third-order valence-corrected chi connectivity index (χ3v) is 4.38. The number of nitrogens with one attached hydrogen (secondary N) is 1. The molecule has 4 nitrogen and oxygen atoms in total. The zero-order chi connectivity index (χ0) is 19.6. The quantitative estimate of drug-likeness (QED) is 0.665. The van der Waals surface area contributed by atoms with Crippen molar-refractivity contribution < 1.29 is 18.3 Å². The Balaban J connectivity index is 1.96. The maximum atomic E-state index is 12.7. The molecule has 0 bridgehead atoms. The van der Waals surface area contributed by atoms with E-state index in [1.807, 2.05) is 38.1 Å². The van der Waals surface area contributed by atoms with E-state index in [9.17, 15) is 18.3 Å². The van der Waals surface area contributed by atoms with Crippen molar-refractivity contribution in [2.75, 3.05) is 11.9 Å². The second-order valence-electron chi connectivity index (χ2n) is 6.24. The lowest BCUT2D eigenvalue weighted by molar-refractivity contribution is -0.137. The number of halogens is 3. The largest absolute Gasteiger partial charge is 0.416 e. The summed E-state index contributed by atoms with van der Waals surface area (Å²) in [5.74, 6) is 0. The van der Waals surface area contributed by atoms with Crippen LogP contribution in [0.2, 0.25) is 0 Å². The Kier molecular flexibility index (Phi) is 5.23. The van der Waals surface area contributed by atoms with Gasteiger partial charge in [-0.1, -0.05) is 18.2 Å². The lowest BCUT2D eigenvalue weighted by Gasteiger charge is -2.14. The lowest BCUT2D eigenvalue weighted by atomic mass is 10.0. The number of aromatic nitrogens is 2. The first-order valence-corrected chi connectivity index (χ1v) is 8.50. The predicted octanol–water partition coefficient (Wildman–Crippen LogP) is 4.92. The molecular formula is C20H20F3N3O. The maximum absolute atomic E-state index is 12.7. The highest BCUT2D eigenvalue weighted by molar-refractivity contribution is 5.83. The van der Waals surface area contributed by atoms with Crippen LogP contribution in [0.15, 0.2) is 48.5 Å². The number of aryl methyl sites for hydroxylation is 1. The summed E-state index contributed by atoms with van der Waals surface area (Å²) in [7, 11) is 0. The molecule has 0 unspecified atom stereocenters. The van der Waals surface area contributed by atoms with Crippen molar-refractivity contribution in [3.8, 4) is 11.1 Å². The molecule has 0 atom stereocenters. The number of aliphatic hydroxyl groups excluding tert-OH is 1. The van der Waals surface area contributed by atoms with Crippen LogP contribution in [-0.2, 0) is 12.7 Å². The highest BCUT2D eigenvalue weighted by Crippen LogP contribution is 2.35. The average molecular weight is 375 g/mol. The van der Waals surface area contributed by atoms with Crippen LogP contribution in [0.25, 0.3) is 11.1 Å². The van der Waals surface area contributed by atoms with Crippen LogP contribution < -0.4 is 5.32 Å². The van der Waals surface area contributed by atoms with E-state index in [0.717, 1.165) is 40.3 Å². The van der Waals surface area contributed by atoms with Crippen molar-refractivity contribution in [3.05, 3.63) is 65.5 Å². The molecule has 0 spiro atoms. The second-order valence-corrected chi connectivity index (χ2v) is 6.24. The van der Waals surface area contributed by atoms with Crippen LogP contribution in [0.4, 0.5) is 24.5 Å². The molecule has 27 heavy (non-hydrogen) atoms. The molecule has 3 rings (SSSR count). The molecule has 7 heteroatoms. The molecule has 2 aromatic carbocycles. The van der Waals surface area contributed by atoms with Gasteiger partial charge in [-0.3, -0.25) is 4.68 Å². The zero-order valence-electron chi connectivity index (χ0n) is 15.0. The van der Waals surface area contributed by atoms with Gasteiger partial charge in [0, 0.05) is 28.2 Å². The fourth-order valence-electron chi connectivity index (χ4n) is 3.11. The van der Waals surface area contributed by atoms with Gasteiger partial charge in [-0.2, -0.15) is 18.3 Å². The SMILES string of the molecule is Cc1nn(CCO)c(C)c1-c1ccccc1Nc1ccc(C(F)(F)F)cc1. The second kappa shape index (κ2) is 7.44. The number of benzene rings is 2. The number of hydrogen-bond acceptors (Lipinski definition) is 3. The molecule has 0 saturated heterocycles. The minimum absolute atomic E-state index is 0.00709. The van der Waals surface area contributed by atoms with Gasteiger partial charge in [-0.15, -0.1) is 0 Å². The number of nitrogens with zero attached hydrogens (tertiary/aromatic N) is 2. The molecule has 0 amide bonds. The Morgan fingerprint density at radius 1 is 1.04 bits per heavy atom. The van der Waals surface area contributed by atoms with Gasteiger partial charge < -0.3 is 10.4 Å². The van der Waals surface area contributed by atoms with Crippen molar-refractivity contribution in [1.82, 2.24) is 9.78 Å². The van der Waals surface area contributed by atoms with Crippen molar-refractivity contribution in [3.63, 3.8) is 0 Å². The van der Waals surface area contributed by atoms with Crippen LogP contribution in [-0.4, -0.2) is 21.5 Å². The smallest absolute Gasteiger partial charge is 0.394 e. The minimum atomic E-state index is -4.36. The average Bonchev–Trinajstić information content (AvgIpc) is 2.89. The van der Waals surface area contributed by atoms with Crippen molar-refractivity contribution in [1.29, 1.82) is 0 Å². The van der Waals surface area contributed by atoms with Gasteiger partial charge >= 0.3 is 6.18 Å². The van der Waals surface area contributed by atoms with Gasteiger partial charge in [0.15, 0.2) is 0 Å². The Morgan fingerprint density at radius 3 is 2.33 bits per heavy atom. The van der Waals surface area contributed by atoms with Crippen molar-refractivity contribution in [2.45, 2.75) is 26.6 Å². The molecule has 0 fully saturated rings. The number of anilines is 2. The van der Waals surface area contributed by atoms with E-state index in [-0.39, 0.29) is 6.61 Å². The Bertz CT molecular complexity index is 931. The summed E-state index contributed by atoms with van der Waals surface area (Å²) in [5, 5.41) is 16.8. The maximum Gasteiger partial charge on any atom is 0.416 e. The molecule has 1 heterocycles. The highest BCUT2D eigenvalue weighted by atomic mass is 19.4. The lowest BCUT2D eigenvalue weighted by Crippen LogP contribution is -2.06. The minimum Gasteiger partial charge on any atom is -0.394 e. The molecule has 142 valence electrons. The van der Waals surface area contributed by atoms with E-state index in [2.05, 4.69) is 10.4 Å². The third-order valence-electron chi connectivity index (χ3n) is 4.38. The predicted molar refractivity (Wildman–Crippen MR) is 98.9 cm³/mol. The number of alkyl halides is 3. The first kappa shape index (κ1) is 19.0. The molecule has 0 aliphatic carbocycles. The van der Waals surface area contributed by atoms with Crippen LogP contribution >= 0.6 is 0 Å². The first-order valence-electron chi connectivity index (χ1n) is 8.50. The summed E-state index contributed by atoms with van der Waals surface area (Å²) < 4.78 is 40.0. The summed E-state index contributed by atoms with van der Waals surface area (Å²) in [6.45, 7) is 4.22. The van der Waals surface area contributed by atoms with Gasteiger partial charge in [-0.05, 0) is 44.2 Å². The number of rotatable bonds is 5. The fourth-order valence-corrected chi connectivity index (χ4v) is 3.11. The molecule has 0 radical (unpaired) electrons. The summed E-state index contributed by atoms with van der Waals surface area (Å²) >= 11 is 0. The van der Waals surface area contributed by atoms with Crippen LogP contribution in [0.5, 0.6) is 0 Å². The van der Waals surface area contributed by atoms with Gasteiger partial charge in [0.1, 0.15) is 0 Å². The van der Waals surface area contributed by atoms with Crippen LogP contribution in [0.1, 0.15) is 17.0 Å². The molecule has 0 saturated carbocycles. The highest BCUT2D eigenvalue weighted by Gasteiger charge is 2.30. The van der Waals surface area contributed by atoms with E-state index in [4.69, 9.17) is 0 Å². The molecular weight excluding hydrogens is 355 g/mol. The molecule has 0 aliphatic rings. The number of hydrogen-bond donors (Lipinski definition) is 2. The third kappa shape index (κ3) is 3.98. The van der Waals surface area contributed by atoms with Gasteiger partial charge in [-0.25, -0.2) is 0 Å². The van der Waals surface area contributed by atoms with Crippen LogP contribution in [0, 0.1) is 13.8 Å². The first-order chi connectivity index (χ1) is 12.8. The number of para-hydroxylation sites is 1. The normalized spacial score (nSPS) is 11.6.